The van der Waals surface area contributed by atoms with Crippen LogP contribution in [0.5, 0.6) is 0 Å². The van der Waals surface area contributed by atoms with Gasteiger partial charge in [0.25, 0.3) is 5.91 Å². The molecule has 0 unspecified atom stereocenters. The minimum absolute atomic E-state index is 0.0505. The van der Waals surface area contributed by atoms with Crippen molar-refractivity contribution in [2.24, 2.45) is 27.2 Å². The Labute approximate surface area is 134 Å². The topological polar surface area (TPSA) is 123 Å². The third kappa shape index (κ3) is 4.31. The Kier molecular flexibility index (Phi) is 4.93. The van der Waals surface area contributed by atoms with E-state index in [0.717, 1.165) is 5.69 Å². The molecule has 0 heterocycles. The van der Waals surface area contributed by atoms with Crippen LogP contribution in [0.3, 0.4) is 0 Å². The lowest BCUT2D eigenvalue weighted by Gasteiger charge is -2.17. The Bertz CT molecular complexity index is 733. The minimum atomic E-state index is -0.164. The Balaban J connectivity index is 2.16. The highest BCUT2D eigenvalue weighted by molar-refractivity contribution is 6.05. The number of carbonyl (C=O) groups excluding carboxylic acids is 1. The fourth-order valence-corrected chi connectivity index (χ4v) is 1.93. The number of nitrogens with two attached hydrogens (primary N) is 3. The second kappa shape index (κ2) is 7.08. The van der Waals surface area contributed by atoms with Crippen LogP contribution in [0, 0.1) is 0 Å². The second-order valence-electron chi connectivity index (χ2n) is 4.75. The Morgan fingerprint density at radius 1 is 0.957 bits per heavy atom. The lowest BCUT2D eigenvalue weighted by Crippen LogP contribution is -2.26. The molecule has 23 heavy (non-hydrogen) atoms. The maximum atomic E-state index is 12.4. The van der Waals surface area contributed by atoms with Crippen LogP contribution in [0.4, 0.5) is 11.4 Å². The molecule has 0 fully saturated rings. The maximum Gasteiger partial charge on any atom is 0.258 e. The van der Waals surface area contributed by atoms with E-state index in [-0.39, 0.29) is 17.8 Å². The van der Waals surface area contributed by atoms with Crippen molar-refractivity contribution in [3.05, 3.63) is 60.2 Å². The summed E-state index contributed by atoms with van der Waals surface area (Å²) < 4.78 is 0. The molecule has 0 atom stereocenters. The van der Waals surface area contributed by atoms with Crippen molar-refractivity contribution < 1.29 is 4.79 Å². The number of anilines is 1. The van der Waals surface area contributed by atoms with Crippen LogP contribution in [0.15, 0.2) is 64.6 Å². The predicted octanol–water partition coefficient (Wildman–Crippen LogP) is 1.18. The molecule has 0 aliphatic rings. The van der Waals surface area contributed by atoms with Crippen molar-refractivity contribution in [2.45, 2.75) is 0 Å². The van der Waals surface area contributed by atoms with Crippen molar-refractivity contribution in [1.29, 1.82) is 0 Å². The summed E-state index contributed by atoms with van der Waals surface area (Å²) in [4.78, 5) is 21.7. The van der Waals surface area contributed by atoms with Gasteiger partial charge in [-0.3, -0.25) is 4.79 Å². The van der Waals surface area contributed by atoms with Gasteiger partial charge in [0.05, 0.1) is 5.69 Å². The molecule has 0 saturated carbocycles. The van der Waals surface area contributed by atoms with E-state index in [9.17, 15) is 4.79 Å². The first-order valence-electron chi connectivity index (χ1n) is 6.84. The first kappa shape index (κ1) is 16.0. The van der Waals surface area contributed by atoms with Gasteiger partial charge in [-0.2, -0.15) is 4.99 Å². The van der Waals surface area contributed by atoms with E-state index in [0.29, 0.717) is 11.3 Å². The molecule has 0 aliphatic carbocycles. The van der Waals surface area contributed by atoms with Crippen molar-refractivity contribution in [3.8, 4) is 0 Å². The van der Waals surface area contributed by atoms with Crippen LogP contribution in [0.1, 0.15) is 10.4 Å². The number of hydrogen-bond acceptors (Lipinski definition) is 2. The van der Waals surface area contributed by atoms with E-state index >= 15 is 0 Å². The number of nitrogens with zero attached hydrogens (tertiary/aromatic N) is 3. The molecule has 0 saturated heterocycles. The fraction of sp³-hybridized carbons (Fsp3) is 0.0625. The molecule has 1 amide bonds. The number of amides is 1. The van der Waals surface area contributed by atoms with Gasteiger partial charge in [0.1, 0.15) is 0 Å². The fourth-order valence-electron chi connectivity index (χ4n) is 1.93. The molecule has 118 valence electrons. The molecule has 0 bridgehead atoms. The van der Waals surface area contributed by atoms with Crippen molar-refractivity contribution in [2.75, 3.05) is 11.9 Å². The second-order valence-corrected chi connectivity index (χ2v) is 4.75. The van der Waals surface area contributed by atoms with E-state index in [1.54, 1.807) is 36.2 Å². The van der Waals surface area contributed by atoms with Crippen LogP contribution < -0.4 is 22.1 Å². The SMILES string of the molecule is CN(C(=O)c1ccc(N=C(N)N=C(N)N)cc1)c1ccccc1. The maximum absolute atomic E-state index is 12.4. The van der Waals surface area contributed by atoms with E-state index in [2.05, 4.69) is 9.98 Å². The molecular formula is C16H18N6O. The zero-order chi connectivity index (χ0) is 16.8. The standard InChI is InChI=1S/C16H18N6O/c1-22(13-5-3-2-4-6-13)14(23)11-7-9-12(10-8-11)20-16(19)21-15(17)18/h2-10H,1H3,(H6,17,18,19,20,21). The molecule has 7 nitrogen and oxygen atoms in total. The number of benzene rings is 2. The molecule has 0 radical (unpaired) electrons. The molecular weight excluding hydrogens is 292 g/mol. The van der Waals surface area contributed by atoms with Crippen LogP contribution >= 0.6 is 0 Å². The molecule has 2 aromatic carbocycles. The summed E-state index contributed by atoms with van der Waals surface area (Å²) >= 11 is 0. The van der Waals surface area contributed by atoms with Gasteiger partial charge in [-0.1, -0.05) is 18.2 Å². The molecule has 0 aliphatic heterocycles. The normalized spacial score (nSPS) is 10.9. The molecule has 6 N–H and O–H groups in total. The Hall–Kier alpha value is -3.35. The van der Waals surface area contributed by atoms with Gasteiger partial charge in [0, 0.05) is 18.3 Å². The van der Waals surface area contributed by atoms with Gasteiger partial charge in [-0.25, -0.2) is 4.99 Å². The van der Waals surface area contributed by atoms with Crippen LogP contribution in [-0.2, 0) is 0 Å². The summed E-state index contributed by atoms with van der Waals surface area (Å²) in [7, 11) is 1.72. The monoisotopic (exact) mass is 310 g/mol. The summed E-state index contributed by atoms with van der Waals surface area (Å²) in [6, 6.07) is 16.1. The van der Waals surface area contributed by atoms with Gasteiger partial charge >= 0.3 is 0 Å². The first-order chi connectivity index (χ1) is 11.0. The van der Waals surface area contributed by atoms with Crippen LogP contribution in [-0.4, -0.2) is 24.9 Å². The van der Waals surface area contributed by atoms with Crippen molar-refractivity contribution in [1.82, 2.24) is 0 Å². The highest BCUT2D eigenvalue weighted by Crippen LogP contribution is 2.17. The number of aliphatic imine (C=N–C) groups is 2. The largest absolute Gasteiger partial charge is 0.370 e. The number of guanidine groups is 2. The third-order valence-corrected chi connectivity index (χ3v) is 3.05. The summed E-state index contributed by atoms with van der Waals surface area (Å²) in [5.74, 6) is -0.336. The van der Waals surface area contributed by atoms with Crippen LogP contribution in [0.2, 0.25) is 0 Å². The predicted molar refractivity (Wildman–Crippen MR) is 92.7 cm³/mol. The average Bonchev–Trinajstić information content (AvgIpc) is 2.54. The highest BCUT2D eigenvalue weighted by Gasteiger charge is 2.12. The Morgan fingerprint density at radius 3 is 2.13 bits per heavy atom. The van der Waals surface area contributed by atoms with Gasteiger partial charge < -0.3 is 22.1 Å². The molecule has 0 spiro atoms. The number of para-hydroxylation sites is 1. The number of hydrogen-bond donors (Lipinski definition) is 3. The summed E-state index contributed by atoms with van der Waals surface area (Å²) in [5.41, 5.74) is 17.9. The number of rotatable bonds is 3. The average molecular weight is 310 g/mol. The van der Waals surface area contributed by atoms with Gasteiger partial charge in [-0.05, 0) is 36.4 Å². The first-order valence-corrected chi connectivity index (χ1v) is 6.84. The minimum Gasteiger partial charge on any atom is -0.370 e. The quantitative estimate of drug-likeness (QED) is 0.581. The third-order valence-electron chi connectivity index (χ3n) is 3.05. The molecule has 2 rings (SSSR count). The highest BCUT2D eigenvalue weighted by atomic mass is 16.2. The van der Waals surface area contributed by atoms with E-state index in [4.69, 9.17) is 17.2 Å². The van der Waals surface area contributed by atoms with E-state index < -0.39 is 0 Å². The summed E-state index contributed by atoms with van der Waals surface area (Å²) in [5, 5.41) is 0. The summed E-state index contributed by atoms with van der Waals surface area (Å²) in [6.45, 7) is 0. The summed E-state index contributed by atoms with van der Waals surface area (Å²) in [6.07, 6.45) is 0. The Morgan fingerprint density at radius 2 is 1.57 bits per heavy atom. The van der Waals surface area contributed by atoms with Gasteiger partial charge in [-0.15, -0.1) is 0 Å². The van der Waals surface area contributed by atoms with Gasteiger partial charge in [0.2, 0.25) is 5.96 Å². The van der Waals surface area contributed by atoms with Gasteiger partial charge in [0.15, 0.2) is 5.96 Å². The van der Waals surface area contributed by atoms with E-state index in [1.807, 2.05) is 30.3 Å². The molecule has 7 heteroatoms. The lowest BCUT2D eigenvalue weighted by atomic mass is 10.1. The van der Waals surface area contributed by atoms with Crippen LogP contribution in [0.25, 0.3) is 0 Å². The van der Waals surface area contributed by atoms with E-state index in [1.165, 1.54) is 0 Å². The molecule has 2 aromatic rings. The van der Waals surface area contributed by atoms with Crippen molar-refractivity contribution >= 4 is 29.2 Å². The van der Waals surface area contributed by atoms with Crippen molar-refractivity contribution in [3.63, 3.8) is 0 Å². The zero-order valence-corrected chi connectivity index (χ0v) is 12.7. The molecule has 0 aromatic heterocycles. The zero-order valence-electron chi connectivity index (χ0n) is 12.7. The number of carbonyl (C=O) groups is 1. The lowest BCUT2D eigenvalue weighted by molar-refractivity contribution is 0.0993. The smallest absolute Gasteiger partial charge is 0.258 e.